The third-order valence-corrected chi connectivity index (χ3v) is 4.38. The number of aromatic nitrogens is 3. The quantitative estimate of drug-likeness (QED) is 0.627. The molecule has 148 valence electrons. The van der Waals surface area contributed by atoms with Gasteiger partial charge in [-0.3, -0.25) is 0 Å². The summed E-state index contributed by atoms with van der Waals surface area (Å²) < 4.78 is 37.0. The van der Waals surface area contributed by atoms with E-state index < -0.39 is 18.8 Å². The zero-order valence-electron chi connectivity index (χ0n) is 14.1. The van der Waals surface area contributed by atoms with Crippen molar-refractivity contribution in [2.24, 2.45) is 0 Å². The first kappa shape index (κ1) is 21.4. The van der Waals surface area contributed by atoms with Crippen LogP contribution in [0.3, 0.4) is 0 Å². The summed E-state index contributed by atoms with van der Waals surface area (Å²) in [5, 5.41) is 20.3. The number of nitrogens with zero attached hydrogens (tertiary/aromatic N) is 4. The SMILES string of the molecule is CN(CCNc1nnc(-c2cccc(Cl)c2Cl)c(N)n1)CC(O)C(F)(F)F. The lowest BCUT2D eigenvalue weighted by molar-refractivity contribution is -0.207. The van der Waals surface area contributed by atoms with E-state index in [-0.39, 0.29) is 35.6 Å². The minimum Gasteiger partial charge on any atom is -0.382 e. The third kappa shape index (κ3) is 5.80. The predicted octanol–water partition coefficient (Wildman–Crippen LogP) is 2.69. The Bertz CT molecular complexity index is 793. The lowest BCUT2D eigenvalue weighted by Gasteiger charge is -2.22. The van der Waals surface area contributed by atoms with E-state index in [9.17, 15) is 13.2 Å². The van der Waals surface area contributed by atoms with E-state index in [0.29, 0.717) is 10.6 Å². The van der Waals surface area contributed by atoms with Crippen LogP contribution in [0, 0.1) is 0 Å². The van der Waals surface area contributed by atoms with Gasteiger partial charge in [-0.25, -0.2) is 0 Å². The maximum atomic E-state index is 12.3. The van der Waals surface area contributed by atoms with Crippen LogP contribution in [0.4, 0.5) is 24.9 Å². The number of alkyl halides is 3. The Balaban J connectivity index is 1.96. The van der Waals surface area contributed by atoms with Crippen LogP contribution in [0.2, 0.25) is 10.0 Å². The first-order valence-corrected chi connectivity index (χ1v) is 8.47. The molecule has 0 bridgehead atoms. The van der Waals surface area contributed by atoms with Crippen LogP contribution in [0.1, 0.15) is 0 Å². The number of rotatable bonds is 7. The molecule has 0 aliphatic rings. The molecule has 1 aromatic heterocycles. The van der Waals surface area contributed by atoms with Crippen molar-refractivity contribution < 1.29 is 18.3 Å². The fraction of sp³-hybridized carbons (Fsp3) is 0.400. The van der Waals surface area contributed by atoms with Gasteiger partial charge in [0.05, 0.1) is 10.0 Å². The molecule has 2 rings (SSSR count). The van der Waals surface area contributed by atoms with E-state index in [1.165, 1.54) is 11.9 Å². The van der Waals surface area contributed by atoms with E-state index in [1.807, 2.05) is 0 Å². The summed E-state index contributed by atoms with van der Waals surface area (Å²) in [7, 11) is 1.45. The number of aliphatic hydroxyl groups is 1. The molecule has 0 aliphatic carbocycles. The number of nitrogens with two attached hydrogens (primary N) is 1. The number of halogens is 5. The summed E-state index contributed by atoms with van der Waals surface area (Å²) in [5.41, 5.74) is 6.64. The fourth-order valence-electron chi connectivity index (χ4n) is 2.14. The summed E-state index contributed by atoms with van der Waals surface area (Å²) in [6.07, 6.45) is -7.06. The molecule has 1 unspecified atom stereocenters. The highest BCUT2D eigenvalue weighted by Crippen LogP contribution is 2.34. The van der Waals surface area contributed by atoms with Gasteiger partial charge in [-0.2, -0.15) is 18.2 Å². The van der Waals surface area contributed by atoms with Gasteiger partial charge in [-0.05, 0) is 13.1 Å². The van der Waals surface area contributed by atoms with E-state index in [0.717, 1.165) is 0 Å². The molecule has 0 aliphatic heterocycles. The minimum absolute atomic E-state index is 0.0671. The molecule has 7 nitrogen and oxygen atoms in total. The topological polar surface area (TPSA) is 100 Å². The van der Waals surface area contributed by atoms with Crippen LogP contribution in [0.5, 0.6) is 0 Å². The number of nitrogens with one attached hydrogen (secondary N) is 1. The second kappa shape index (κ2) is 8.87. The molecule has 0 saturated carbocycles. The fourth-order valence-corrected chi connectivity index (χ4v) is 2.53. The molecule has 0 spiro atoms. The van der Waals surface area contributed by atoms with Gasteiger partial charge in [0.15, 0.2) is 11.9 Å². The summed E-state index contributed by atoms with van der Waals surface area (Å²) in [5.74, 6) is 0.177. The molecule has 1 atom stereocenters. The van der Waals surface area contributed by atoms with Crippen LogP contribution in [0.25, 0.3) is 11.3 Å². The maximum Gasteiger partial charge on any atom is 0.415 e. The number of benzene rings is 1. The van der Waals surface area contributed by atoms with Crippen LogP contribution in [-0.2, 0) is 0 Å². The molecule has 0 radical (unpaired) electrons. The van der Waals surface area contributed by atoms with Crippen molar-refractivity contribution in [3.63, 3.8) is 0 Å². The number of likely N-dealkylation sites (N-methyl/N-ethyl adjacent to an activating group) is 1. The Labute approximate surface area is 163 Å². The summed E-state index contributed by atoms with van der Waals surface area (Å²) >= 11 is 12.1. The first-order chi connectivity index (χ1) is 12.6. The van der Waals surface area contributed by atoms with Crippen molar-refractivity contribution in [3.8, 4) is 11.3 Å². The average Bonchev–Trinajstić information content (AvgIpc) is 2.57. The van der Waals surface area contributed by atoms with Crippen molar-refractivity contribution >= 4 is 35.0 Å². The zero-order chi connectivity index (χ0) is 20.2. The van der Waals surface area contributed by atoms with Gasteiger partial charge in [0, 0.05) is 25.2 Å². The maximum absolute atomic E-state index is 12.3. The largest absolute Gasteiger partial charge is 0.415 e. The highest BCUT2D eigenvalue weighted by molar-refractivity contribution is 6.43. The lowest BCUT2D eigenvalue weighted by Crippen LogP contribution is -2.40. The Morgan fingerprint density at radius 3 is 2.63 bits per heavy atom. The van der Waals surface area contributed by atoms with Crippen molar-refractivity contribution in [3.05, 3.63) is 28.2 Å². The van der Waals surface area contributed by atoms with Crippen LogP contribution >= 0.6 is 23.2 Å². The van der Waals surface area contributed by atoms with Gasteiger partial charge in [-0.15, -0.1) is 10.2 Å². The molecule has 1 heterocycles. The second-order valence-corrected chi connectivity index (χ2v) is 6.50. The van der Waals surface area contributed by atoms with Gasteiger partial charge in [0.25, 0.3) is 0 Å². The molecular weight excluding hydrogens is 408 g/mol. The van der Waals surface area contributed by atoms with Gasteiger partial charge >= 0.3 is 6.18 Å². The van der Waals surface area contributed by atoms with E-state index in [4.69, 9.17) is 34.0 Å². The average molecular weight is 425 g/mol. The van der Waals surface area contributed by atoms with Crippen molar-refractivity contribution in [1.82, 2.24) is 20.1 Å². The van der Waals surface area contributed by atoms with E-state index in [2.05, 4.69) is 20.5 Å². The van der Waals surface area contributed by atoms with Crippen molar-refractivity contribution in [2.45, 2.75) is 12.3 Å². The molecule has 1 aromatic carbocycles. The normalized spacial score (nSPS) is 13.0. The van der Waals surface area contributed by atoms with Crippen LogP contribution in [0.15, 0.2) is 18.2 Å². The van der Waals surface area contributed by atoms with Crippen molar-refractivity contribution in [1.29, 1.82) is 0 Å². The number of hydrogen-bond donors (Lipinski definition) is 3. The number of anilines is 2. The Morgan fingerprint density at radius 2 is 2.00 bits per heavy atom. The molecule has 0 fully saturated rings. The summed E-state index contributed by atoms with van der Waals surface area (Å²) in [6.45, 7) is -0.115. The second-order valence-electron chi connectivity index (χ2n) is 5.72. The Kier molecular flexibility index (Phi) is 7.04. The summed E-state index contributed by atoms with van der Waals surface area (Å²) in [4.78, 5) is 5.38. The highest BCUT2D eigenvalue weighted by atomic mass is 35.5. The van der Waals surface area contributed by atoms with Crippen LogP contribution < -0.4 is 11.1 Å². The van der Waals surface area contributed by atoms with E-state index >= 15 is 0 Å². The molecule has 2 aromatic rings. The van der Waals surface area contributed by atoms with Crippen molar-refractivity contribution in [2.75, 3.05) is 37.7 Å². The van der Waals surface area contributed by atoms with Crippen LogP contribution in [-0.4, -0.2) is 64.1 Å². The van der Waals surface area contributed by atoms with Gasteiger partial charge in [0.2, 0.25) is 5.95 Å². The Hall–Kier alpha value is -1.88. The number of nitrogen functional groups attached to an aromatic ring is 1. The molecule has 0 amide bonds. The van der Waals surface area contributed by atoms with Gasteiger partial charge in [-0.1, -0.05) is 35.3 Å². The minimum atomic E-state index is -4.65. The predicted molar refractivity (Wildman–Crippen MR) is 97.7 cm³/mol. The van der Waals surface area contributed by atoms with Gasteiger partial charge in [0.1, 0.15) is 5.69 Å². The number of aliphatic hydroxyl groups excluding tert-OH is 1. The smallest absolute Gasteiger partial charge is 0.382 e. The molecule has 27 heavy (non-hydrogen) atoms. The molecule has 4 N–H and O–H groups in total. The van der Waals surface area contributed by atoms with E-state index in [1.54, 1.807) is 18.2 Å². The molecular formula is C15H17Cl2F3N6O. The number of hydrogen-bond acceptors (Lipinski definition) is 7. The molecule has 0 saturated heterocycles. The highest BCUT2D eigenvalue weighted by Gasteiger charge is 2.38. The lowest BCUT2D eigenvalue weighted by atomic mass is 10.1. The summed E-state index contributed by atoms with van der Waals surface area (Å²) in [6, 6.07) is 4.97. The zero-order valence-corrected chi connectivity index (χ0v) is 15.6. The standard InChI is InChI=1S/C15H17Cl2F3N6O/c1-26(7-10(27)15(18,19)20)6-5-22-14-23-13(21)12(24-25-14)8-3-2-4-9(16)11(8)17/h2-4,10,27H,5-7H2,1H3,(H3,21,22,23,25). The molecule has 12 heteroatoms. The monoisotopic (exact) mass is 424 g/mol. The third-order valence-electron chi connectivity index (χ3n) is 3.56. The van der Waals surface area contributed by atoms with Gasteiger partial charge < -0.3 is 21.1 Å². The first-order valence-electron chi connectivity index (χ1n) is 7.71. The Morgan fingerprint density at radius 1 is 1.30 bits per heavy atom.